The minimum absolute atomic E-state index is 0.00231. The van der Waals surface area contributed by atoms with Gasteiger partial charge in [-0.1, -0.05) is 234 Å². The van der Waals surface area contributed by atoms with Crippen molar-refractivity contribution in [3.63, 3.8) is 0 Å². The lowest BCUT2D eigenvalue weighted by Crippen LogP contribution is -2.52. The summed E-state index contributed by atoms with van der Waals surface area (Å²) in [6, 6.07) is 0. The predicted molar refractivity (Wildman–Crippen MR) is 374 cm³/mol. The standard InChI is InChI=1S/C10H16O2.C9H16O2.C8H14N2.C8H15NO2.C8H14O2.C8H16O.C7H14O.C7H14S.C6H14O2S/c1-5(2)7-8(6(3)4)10(12)9(7)11;1-6(2)8(10)5-9(11)7(3)4;1-6(2)8(7(3)4)10-5-9;1-6(2)8(7(3)4)5-9(10)11;1-5(2)7(9)8(10)6(3)4;1-6(2)5-8(9)7(3)4;2*1-5(2)7(8)6(3)4;1-5(2)9(7,8)6(3)4/h5-8H,1-4H3;6-7H,5H2,1-4H3;6-7H,1-4H3;5-7H,1-4H3;5-6H,1-4H3;6-7H,5H2,1-4H3;2*5-6H,1-4H3;5-6H,1-4H3. The van der Waals surface area contributed by atoms with Crippen LogP contribution in [0, 0.1) is 128 Å². The molecule has 1 aliphatic rings. The third-order valence-electron chi connectivity index (χ3n) is 13.4. The maximum absolute atomic E-state index is 11.2. The number of nitro groups is 1. The normalized spacial score (nSPS) is 13.4. The predicted octanol–water partition coefficient (Wildman–Crippen LogP) is 17.6. The quantitative estimate of drug-likeness (QED) is 0.0176. The summed E-state index contributed by atoms with van der Waals surface area (Å²) in [5.74, 6) is 3.87. The van der Waals surface area contributed by atoms with E-state index in [1.54, 1.807) is 55.4 Å². The van der Waals surface area contributed by atoms with Gasteiger partial charge in [-0.25, -0.2) is 8.42 Å². The number of hydrogen-bond donors (Lipinski definition) is 0. The molecule has 0 N–H and O–H groups in total. The fraction of sp³-hybridized carbons (Fsp3) is 0.817. The summed E-state index contributed by atoms with van der Waals surface area (Å²) in [4.78, 5) is 103. The van der Waals surface area contributed by atoms with Gasteiger partial charge in [0, 0.05) is 71.0 Å². The number of aliphatic imine (C=N–C) groups is 1. The highest BCUT2D eigenvalue weighted by Gasteiger charge is 2.51. The number of carbonyl (C=O) groups excluding carboxylic acids is 8. The Balaban J connectivity index is -0.000000137. The minimum atomic E-state index is -2.81. The number of nitriles is 1. The van der Waals surface area contributed by atoms with Crippen LogP contribution in [0.4, 0.5) is 0 Å². The van der Waals surface area contributed by atoms with Crippen molar-refractivity contribution in [2.24, 2.45) is 112 Å². The first-order valence-electron chi connectivity index (χ1n) is 32.3. The second kappa shape index (κ2) is 52.3. The van der Waals surface area contributed by atoms with Crippen molar-refractivity contribution in [2.45, 2.75) is 273 Å². The molecule has 516 valence electrons. The molecule has 1 saturated carbocycles. The van der Waals surface area contributed by atoms with E-state index in [4.69, 9.17) is 17.5 Å². The van der Waals surface area contributed by atoms with E-state index in [0.29, 0.717) is 53.0 Å². The lowest BCUT2D eigenvalue weighted by atomic mass is 9.61. The minimum Gasteiger partial charge on any atom is -0.299 e. The Morgan fingerprint density at radius 2 is 0.761 bits per heavy atom. The summed E-state index contributed by atoms with van der Waals surface area (Å²) < 4.78 is 22.1. The third-order valence-corrected chi connectivity index (χ3v) is 17.0. The Hall–Kier alpha value is -4.30. The number of carbonyl (C=O) groups is 8. The SMILES string of the molecule is CC(C)C(=C[N+](=O)[O-])C(C)C.CC(C)C(=NC#N)C(C)C.CC(C)C(=O)C(=O)C(C)C.CC(C)C(=O)C(C)C.CC(C)C(=O)CC(=O)C(C)C.CC(C)C(=S)C(C)C.CC(C)C1C(=O)C(=O)C1C(C)C.CC(C)CC(=O)C(C)C.CC(C)S(=O)(=O)C(C)C. The van der Waals surface area contributed by atoms with E-state index in [0.717, 1.165) is 23.9 Å². The molecule has 0 amide bonds. The van der Waals surface area contributed by atoms with E-state index < -0.39 is 9.84 Å². The van der Waals surface area contributed by atoms with Gasteiger partial charge in [-0.3, -0.25) is 48.5 Å². The lowest BCUT2D eigenvalue weighted by Gasteiger charge is -2.38. The summed E-state index contributed by atoms with van der Waals surface area (Å²) in [6.45, 7) is 69.5. The van der Waals surface area contributed by atoms with Crippen LogP contribution in [-0.4, -0.2) is 80.7 Å². The van der Waals surface area contributed by atoms with Crippen LogP contribution < -0.4 is 0 Å². The van der Waals surface area contributed by atoms with Crippen molar-refractivity contribution in [1.82, 2.24) is 0 Å². The average Bonchev–Trinajstić information content (AvgIpc) is 3.37. The van der Waals surface area contributed by atoms with Crippen LogP contribution in [0.1, 0.15) is 262 Å². The van der Waals surface area contributed by atoms with Crippen LogP contribution in [0.2, 0.25) is 0 Å². The monoisotopic (exact) mass is 1280 g/mol. The zero-order valence-corrected chi connectivity index (χ0v) is 64.2. The number of rotatable bonds is 23. The molecule has 0 heterocycles. The first-order valence-corrected chi connectivity index (χ1v) is 34.3. The van der Waals surface area contributed by atoms with Gasteiger partial charge in [-0.2, -0.15) is 10.3 Å². The van der Waals surface area contributed by atoms with Crippen molar-refractivity contribution in [3.05, 3.63) is 21.9 Å². The molecular weight excluding hydrogens is 1150 g/mol. The Labute approximate surface area is 545 Å². The van der Waals surface area contributed by atoms with Crippen LogP contribution in [0.15, 0.2) is 16.8 Å². The van der Waals surface area contributed by atoms with Crippen molar-refractivity contribution in [3.8, 4) is 6.19 Å². The molecule has 0 aromatic rings. The van der Waals surface area contributed by atoms with Crippen molar-refractivity contribution in [1.29, 1.82) is 5.26 Å². The molecule has 15 nitrogen and oxygen atoms in total. The summed E-state index contributed by atoms with van der Waals surface area (Å²) >= 11 is 5.10. The van der Waals surface area contributed by atoms with Crippen molar-refractivity contribution < 1.29 is 51.7 Å². The van der Waals surface area contributed by atoms with Crippen LogP contribution in [-0.2, 0) is 48.2 Å². The second-order valence-electron chi connectivity index (χ2n) is 28.2. The van der Waals surface area contributed by atoms with E-state index >= 15 is 0 Å². The van der Waals surface area contributed by atoms with Gasteiger partial charge >= 0.3 is 0 Å². The summed E-state index contributed by atoms with van der Waals surface area (Å²) in [5, 5.41) is 18.0. The van der Waals surface area contributed by atoms with Crippen LogP contribution >= 0.6 is 12.2 Å². The number of hydrogen-bond acceptors (Lipinski definition) is 15. The number of ketones is 8. The zero-order chi connectivity index (χ0) is 72.5. The highest BCUT2D eigenvalue weighted by molar-refractivity contribution is 7.92. The molecule has 1 aliphatic carbocycles. The number of allylic oxidation sites excluding steroid dienone is 1. The molecule has 1 fully saturated rings. The van der Waals surface area contributed by atoms with Crippen LogP contribution in [0.25, 0.3) is 0 Å². The van der Waals surface area contributed by atoms with E-state index in [2.05, 4.69) is 74.2 Å². The van der Waals surface area contributed by atoms with Gasteiger partial charge in [-0.15, -0.1) is 0 Å². The molecule has 1 rings (SSSR count). The van der Waals surface area contributed by atoms with E-state index in [1.807, 2.05) is 131 Å². The molecule has 17 heteroatoms. The molecular formula is C71H133N3O12S2. The molecule has 2 unspecified atom stereocenters. The number of Topliss-reactive ketones (excluding diaryl/α,β-unsaturated/α-hetero) is 8. The van der Waals surface area contributed by atoms with E-state index in [1.165, 1.54) is 4.86 Å². The first kappa shape index (κ1) is 99.9. The zero-order valence-electron chi connectivity index (χ0n) is 62.6. The van der Waals surface area contributed by atoms with Gasteiger partial charge in [-0.05, 0) is 85.8 Å². The van der Waals surface area contributed by atoms with Gasteiger partial charge in [0.1, 0.15) is 23.1 Å². The second-order valence-corrected chi connectivity index (χ2v) is 31.8. The lowest BCUT2D eigenvalue weighted by molar-refractivity contribution is -0.404. The van der Waals surface area contributed by atoms with Gasteiger partial charge in [0.05, 0.1) is 21.8 Å². The largest absolute Gasteiger partial charge is 0.299 e. The molecule has 0 bridgehead atoms. The molecule has 0 aliphatic heterocycles. The van der Waals surface area contributed by atoms with E-state index in [9.17, 15) is 56.9 Å². The molecule has 0 spiro atoms. The fourth-order valence-corrected chi connectivity index (χ4v) is 8.82. The molecule has 0 radical (unpaired) electrons. The highest BCUT2D eigenvalue weighted by Crippen LogP contribution is 2.38. The van der Waals surface area contributed by atoms with Crippen LogP contribution in [0.3, 0.4) is 0 Å². The van der Waals surface area contributed by atoms with Gasteiger partial charge in [0.15, 0.2) is 9.84 Å². The Kier molecular flexibility index (Phi) is 59.4. The molecule has 0 aromatic carbocycles. The topological polar surface area (TPSA) is 250 Å². The van der Waals surface area contributed by atoms with Gasteiger partial charge in [0.2, 0.25) is 35.5 Å². The number of sulfone groups is 1. The van der Waals surface area contributed by atoms with Crippen LogP contribution in [0.5, 0.6) is 0 Å². The molecule has 2 atom stereocenters. The maximum Gasteiger partial charge on any atom is 0.234 e. The Morgan fingerprint density at radius 1 is 0.477 bits per heavy atom. The summed E-state index contributed by atoms with van der Waals surface area (Å²) in [7, 11) is -2.81. The van der Waals surface area contributed by atoms with Crippen molar-refractivity contribution >= 4 is 78.9 Å². The summed E-state index contributed by atoms with van der Waals surface area (Å²) in [6.07, 6.45) is 3.78. The third kappa shape index (κ3) is 50.4. The number of thiocarbonyl (C=S) groups is 1. The Bertz CT molecular complexity index is 2150. The van der Waals surface area contributed by atoms with Gasteiger partial charge < -0.3 is 0 Å². The molecule has 88 heavy (non-hydrogen) atoms. The molecule has 0 aromatic heterocycles. The maximum atomic E-state index is 11.2. The Morgan fingerprint density at radius 3 is 0.852 bits per heavy atom. The highest BCUT2D eigenvalue weighted by atomic mass is 32.2. The molecule has 0 saturated heterocycles. The average molecular weight is 1280 g/mol. The van der Waals surface area contributed by atoms with E-state index in [-0.39, 0.29) is 122 Å². The van der Waals surface area contributed by atoms with Crippen molar-refractivity contribution in [2.75, 3.05) is 0 Å². The fourth-order valence-electron chi connectivity index (χ4n) is 7.73. The smallest absolute Gasteiger partial charge is 0.234 e. The van der Waals surface area contributed by atoms with Gasteiger partial charge in [0.25, 0.3) is 0 Å². The first-order chi connectivity index (χ1) is 39.4. The summed E-state index contributed by atoms with van der Waals surface area (Å²) in [5.41, 5.74) is 1.89. The number of nitrogens with zero attached hydrogens (tertiary/aromatic N) is 3.